The van der Waals surface area contributed by atoms with E-state index >= 15 is 0 Å². The average molecular weight is 593 g/mol. The van der Waals surface area contributed by atoms with Crippen molar-refractivity contribution in [2.45, 2.75) is 0 Å². The van der Waals surface area contributed by atoms with Crippen molar-refractivity contribution in [3.05, 3.63) is 128 Å². The molecule has 0 aliphatic carbocycles. The maximum Gasteiger partial charge on any atom is 2.00 e. The molecule has 4 heteroatoms. The van der Waals surface area contributed by atoms with Gasteiger partial charge in [0.15, 0.2) is 0 Å². The molecule has 5 rings (SSSR count). The van der Waals surface area contributed by atoms with Gasteiger partial charge in [0.2, 0.25) is 0 Å². The third-order valence-electron chi connectivity index (χ3n) is 4.92. The second-order valence-corrected chi connectivity index (χ2v) is 6.99. The van der Waals surface area contributed by atoms with Gasteiger partial charge in [-0.05, 0) is 24.3 Å². The van der Waals surface area contributed by atoms with E-state index in [1.807, 2.05) is 97.1 Å². The fourth-order valence-corrected chi connectivity index (χ4v) is 3.48. The van der Waals surface area contributed by atoms with Crippen LogP contribution in [0.25, 0.3) is 22.5 Å². The SMILES string of the molecule is [Pt+2].[c-]1c(-c2ccccn2)cccc1-c1cccc(N(c2[c-]cccc2)c2ccccc2)n1. The molecule has 5 aromatic rings. The van der Waals surface area contributed by atoms with Crippen LogP contribution >= 0.6 is 0 Å². The predicted octanol–water partition coefficient (Wildman–Crippen LogP) is 6.88. The minimum absolute atomic E-state index is 0. The van der Waals surface area contributed by atoms with Crippen LogP contribution in [0.4, 0.5) is 17.2 Å². The van der Waals surface area contributed by atoms with Crippen LogP contribution in [-0.4, -0.2) is 9.97 Å². The zero-order valence-corrected chi connectivity index (χ0v) is 19.4. The van der Waals surface area contributed by atoms with Crippen molar-refractivity contribution in [2.24, 2.45) is 0 Å². The van der Waals surface area contributed by atoms with Crippen molar-refractivity contribution in [3.8, 4) is 22.5 Å². The molecule has 0 saturated carbocycles. The molecule has 32 heavy (non-hydrogen) atoms. The summed E-state index contributed by atoms with van der Waals surface area (Å²) in [5, 5.41) is 0. The predicted molar refractivity (Wildman–Crippen MR) is 125 cm³/mol. The van der Waals surface area contributed by atoms with Gasteiger partial charge in [-0.15, -0.1) is 30.3 Å². The number of benzene rings is 3. The van der Waals surface area contributed by atoms with E-state index in [2.05, 4.69) is 34.1 Å². The molecule has 2 heterocycles. The van der Waals surface area contributed by atoms with Gasteiger partial charge in [0.1, 0.15) is 5.82 Å². The molecule has 0 bridgehead atoms. The Morgan fingerprint density at radius 2 is 1.34 bits per heavy atom. The molecule has 0 radical (unpaired) electrons. The Hall–Kier alpha value is -3.55. The maximum absolute atomic E-state index is 4.99. The summed E-state index contributed by atoms with van der Waals surface area (Å²) < 4.78 is 0. The van der Waals surface area contributed by atoms with Gasteiger partial charge < -0.3 is 4.90 Å². The molecule has 0 amide bonds. The molecule has 0 N–H and O–H groups in total. The van der Waals surface area contributed by atoms with Gasteiger partial charge in [-0.25, -0.2) is 0 Å². The van der Waals surface area contributed by atoms with Crippen LogP contribution in [-0.2, 0) is 21.1 Å². The van der Waals surface area contributed by atoms with Crippen LogP contribution in [0.5, 0.6) is 0 Å². The van der Waals surface area contributed by atoms with Crippen molar-refractivity contribution >= 4 is 17.2 Å². The van der Waals surface area contributed by atoms with Gasteiger partial charge in [0, 0.05) is 23.3 Å². The minimum atomic E-state index is 0. The summed E-state index contributed by atoms with van der Waals surface area (Å²) in [7, 11) is 0. The molecular formula is C28H19N3Pt. The summed E-state index contributed by atoms with van der Waals surface area (Å²) in [6.07, 6.45) is 1.79. The number of anilines is 3. The molecule has 0 fully saturated rings. The Bertz CT molecular complexity index is 1240. The normalized spacial score (nSPS) is 10.2. The van der Waals surface area contributed by atoms with Crippen LogP contribution in [0.1, 0.15) is 0 Å². The zero-order chi connectivity index (χ0) is 20.9. The van der Waals surface area contributed by atoms with Crippen molar-refractivity contribution in [1.82, 2.24) is 9.97 Å². The fourth-order valence-electron chi connectivity index (χ4n) is 3.48. The standard InChI is InChI=1S/C28H19N3.Pt/c1-3-13-24(14-4-1)31(25-15-5-2-6-16-25)28-19-10-18-27(30-28)23-12-9-11-22(21-23)26-17-7-8-20-29-26;/h1-15,17-20H;/q-2;+2. The van der Waals surface area contributed by atoms with Crippen molar-refractivity contribution in [3.63, 3.8) is 0 Å². The van der Waals surface area contributed by atoms with Crippen LogP contribution in [0.15, 0.2) is 115 Å². The molecule has 0 aliphatic rings. The zero-order valence-electron chi connectivity index (χ0n) is 17.1. The summed E-state index contributed by atoms with van der Waals surface area (Å²) in [6.45, 7) is 0. The first-order valence-electron chi connectivity index (χ1n) is 10.1. The maximum atomic E-state index is 4.99. The van der Waals surface area contributed by atoms with Crippen LogP contribution in [0.2, 0.25) is 0 Å². The quantitative estimate of drug-likeness (QED) is 0.209. The largest absolute Gasteiger partial charge is 2.00 e. The number of nitrogens with zero attached hydrogens (tertiary/aromatic N) is 3. The Morgan fingerprint density at radius 3 is 2.09 bits per heavy atom. The fraction of sp³-hybridized carbons (Fsp3) is 0. The topological polar surface area (TPSA) is 29.0 Å². The Labute approximate surface area is 202 Å². The van der Waals surface area contributed by atoms with Crippen LogP contribution in [0, 0.1) is 12.1 Å². The molecule has 3 aromatic carbocycles. The third-order valence-corrected chi connectivity index (χ3v) is 4.92. The van der Waals surface area contributed by atoms with E-state index < -0.39 is 0 Å². The molecule has 156 valence electrons. The van der Waals surface area contributed by atoms with E-state index in [9.17, 15) is 0 Å². The number of aromatic nitrogens is 2. The number of para-hydroxylation sites is 2. The summed E-state index contributed by atoms with van der Waals surface area (Å²) in [5.41, 5.74) is 5.58. The number of pyridine rings is 2. The first-order chi connectivity index (χ1) is 15.4. The monoisotopic (exact) mass is 592 g/mol. The molecular weight excluding hydrogens is 573 g/mol. The molecule has 0 unspecified atom stereocenters. The van der Waals surface area contributed by atoms with Gasteiger partial charge in [-0.3, -0.25) is 9.97 Å². The second-order valence-electron chi connectivity index (χ2n) is 6.99. The first kappa shape index (κ1) is 21.7. The van der Waals surface area contributed by atoms with Gasteiger partial charge in [-0.1, -0.05) is 59.3 Å². The Kier molecular flexibility index (Phi) is 6.89. The van der Waals surface area contributed by atoms with E-state index in [0.717, 1.165) is 39.7 Å². The average Bonchev–Trinajstić information content (AvgIpc) is 2.86. The third kappa shape index (κ3) is 4.69. The summed E-state index contributed by atoms with van der Waals surface area (Å²) >= 11 is 0. The summed E-state index contributed by atoms with van der Waals surface area (Å²) in [6, 6.07) is 42.9. The minimum Gasteiger partial charge on any atom is -0.320 e. The molecule has 0 aliphatic heterocycles. The number of hydrogen-bond acceptors (Lipinski definition) is 3. The molecule has 2 aromatic heterocycles. The molecule has 0 saturated heterocycles. The van der Waals surface area contributed by atoms with Crippen molar-refractivity contribution in [1.29, 1.82) is 0 Å². The molecule has 0 atom stereocenters. The molecule has 0 spiro atoms. The van der Waals surface area contributed by atoms with E-state index in [1.165, 1.54) is 0 Å². The number of hydrogen-bond donors (Lipinski definition) is 0. The van der Waals surface area contributed by atoms with Gasteiger partial charge in [0.25, 0.3) is 0 Å². The first-order valence-corrected chi connectivity index (χ1v) is 10.1. The Balaban J connectivity index is 0.00000245. The van der Waals surface area contributed by atoms with Gasteiger partial charge in [0.05, 0.1) is 0 Å². The van der Waals surface area contributed by atoms with E-state index in [4.69, 9.17) is 4.98 Å². The van der Waals surface area contributed by atoms with Crippen molar-refractivity contribution < 1.29 is 21.1 Å². The molecule has 3 nitrogen and oxygen atoms in total. The smallest absolute Gasteiger partial charge is 0.320 e. The van der Waals surface area contributed by atoms with Crippen LogP contribution < -0.4 is 4.90 Å². The second kappa shape index (κ2) is 10.2. The summed E-state index contributed by atoms with van der Waals surface area (Å²) in [4.78, 5) is 11.5. The van der Waals surface area contributed by atoms with E-state index in [1.54, 1.807) is 6.20 Å². The Morgan fingerprint density at radius 1 is 0.625 bits per heavy atom. The van der Waals surface area contributed by atoms with E-state index in [0.29, 0.717) is 0 Å². The summed E-state index contributed by atoms with van der Waals surface area (Å²) in [5.74, 6) is 0.822. The van der Waals surface area contributed by atoms with Crippen molar-refractivity contribution in [2.75, 3.05) is 4.90 Å². The van der Waals surface area contributed by atoms with Crippen LogP contribution in [0.3, 0.4) is 0 Å². The number of rotatable bonds is 5. The van der Waals surface area contributed by atoms with Gasteiger partial charge in [-0.2, -0.15) is 24.3 Å². The van der Waals surface area contributed by atoms with E-state index in [-0.39, 0.29) is 21.1 Å². The van der Waals surface area contributed by atoms with Gasteiger partial charge >= 0.3 is 21.1 Å².